The van der Waals surface area contributed by atoms with Crippen molar-refractivity contribution in [1.82, 2.24) is 0 Å². The summed E-state index contributed by atoms with van der Waals surface area (Å²) >= 11 is 5.04. The second-order valence-corrected chi connectivity index (χ2v) is 8.53. The monoisotopic (exact) mass is 271 g/mol. The Morgan fingerprint density at radius 1 is 1.47 bits per heavy atom. The van der Waals surface area contributed by atoms with Crippen molar-refractivity contribution in [3.8, 4) is 0 Å². The van der Waals surface area contributed by atoms with E-state index in [4.69, 9.17) is 16.7 Å². The maximum atomic E-state index is 10.3. The third-order valence-electron chi connectivity index (χ3n) is 3.50. The number of hydrogen-bond acceptors (Lipinski definition) is 4. The average molecular weight is 271 g/mol. The molecule has 2 aliphatic rings. The summed E-state index contributed by atoms with van der Waals surface area (Å²) in [5.41, 5.74) is 0. The van der Waals surface area contributed by atoms with E-state index in [0.717, 1.165) is 32.1 Å². The van der Waals surface area contributed by atoms with Crippen LogP contribution < -0.4 is 0 Å². The molecule has 0 aromatic heterocycles. The zero-order chi connectivity index (χ0) is 11.1. The molecule has 8 heteroatoms. The number of rotatable bonds is 4. The lowest BCUT2D eigenvalue weighted by atomic mass is 10.0. The van der Waals surface area contributed by atoms with Crippen LogP contribution in [0.25, 0.3) is 0 Å². The Bertz CT molecular complexity index is 325. The van der Waals surface area contributed by atoms with Crippen LogP contribution in [0.3, 0.4) is 0 Å². The molecule has 0 heterocycles. The van der Waals surface area contributed by atoms with Crippen LogP contribution in [0.1, 0.15) is 32.1 Å². The van der Waals surface area contributed by atoms with E-state index in [1.165, 1.54) is 0 Å². The largest absolute Gasteiger partial charge is 0.726 e. The predicted molar refractivity (Wildman–Crippen MR) is 57.8 cm³/mol. The van der Waals surface area contributed by atoms with Gasteiger partial charge in [0.1, 0.15) is 0 Å². The Kier molecular flexibility index (Phi) is 3.31. The summed E-state index contributed by atoms with van der Waals surface area (Å²) < 4.78 is 19.1. The Hall–Kier alpha value is 0.590. The molecule has 2 fully saturated rings. The van der Waals surface area contributed by atoms with Crippen LogP contribution in [0.2, 0.25) is 0 Å². The molecule has 86 valence electrons. The van der Waals surface area contributed by atoms with Crippen LogP contribution in [-0.4, -0.2) is 14.9 Å². The van der Waals surface area contributed by atoms with Crippen molar-refractivity contribution in [3.63, 3.8) is 0 Å². The van der Waals surface area contributed by atoms with Gasteiger partial charge >= 0.3 is 8.25 Å². The van der Waals surface area contributed by atoms with E-state index in [2.05, 4.69) is 9.35 Å². The molecule has 0 aromatic rings. The predicted octanol–water partition coefficient (Wildman–Crippen LogP) is 2.22. The third kappa shape index (κ3) is 2.18. The van der Waals surface area contributed by atoms with Gasteiger partial charge in [-0.2, -0.15) is 0 Å². The molecular weight excluding hydrogens is 258 g/mol. The van der Waals surface area contributed by atoms with Gasteiger partial charge in [-0.05, 0) is 49.8 Å². The molecule has 0 aliphatic heterocycles. The topological polar surface area (TPSA) is 76.0 Å². The second kappa shape index (κ2) is 4.11. The smallest absolute Gasteiger partial charge is 0.343 e. The fourth-order valence-electron chi connectivity index (χ4n) is 2.71. The van der Waals surface area contributed by atoms with E-state index >= 15 is 0 Å². The molecule has 2 unspecified atom stereocenters. The summed E-state index contributed by atoms with van der Waals surface area (Å²) in [5, 5.41) is -0.363. The Labute approximate surface area is 93.8 Å². The molecule has 2 bridgehead atoms. The molecule has 2 saturated carbocycles. The molecule has 2 aliphatic carbocycles. The minimum absolute atomic E-state index is 0.363. The quantitative estimate of drug-likeness (QED) is 0.464. The zero-order valence-electron chi connectivity index (χ0n) is 8.03. The Balaban J connectivity index is 2.08. The molecule has 0 saturated heterocycles. The van der Waals surface area contributed by atoms with Gasteiger partial charge in [-0.25, -0.2) is 0 Å². The zero-order valence-corrected chi connectivity index (χ0v) is 10.6. The number of fused-ring (bicyclic) bond motifs is 2. The Morgan fingerprint density at radius 2 is 2.07 bits per heavy atom. The van der Waals surface area contributed by atoms with Crippen LogP contribution in [-0.2, 0) is 25.7 Å². The molecule has 2 N–H and O–H groups in total. The van der Waals surface area contributed by atoms with Crippen LogP contribution in [0.4, 0.5) is 0 Å². The van der Waals surface area contributed by atoms with Gasteiger partial charge in [-0.3, -0.25) is 0 Å². The van der Waals surface area contributed by atoms with Crippen molar-refractivity contribution in [3.05, 3.63) is 0 Å². The van der Waals surface area contributed by atoms with Crippen LogP contribution in [0.5, 0.6) is 0 Å². The summed E-state index contributed by atoms with van der Waals surface area (Å²) in [6, 6.07) is 0. The van der Waals surface area contributed by atoms with Crippen LogP contribution in [0.15, 0.2) is 0 Å². The summed E-state index contributed by atoms with van der Waals surface area (Å²) in [6.07, 6.45) is 4.68. The molecular formula is C7H13O5P2S+. The first kappa shape index (κ1) is 12.1. The van der Waals surface area contributed by atoms with Crippen molar-refractivity contribution < 1.29 is 23.7 Å². The van der Waals surface area contributed by atoms with Gasteiger partial charge in [0, 0.05) is 9.72 Å². The third-order valence-corrected chi connectivity index (χ3v) is 7.27. The summed E-state index contributed by atoms with van der Waals surface area (Å²) in [6.45, 7) is -3.12. The van der Waals surface area contributed by atoms with Gasteiger partial charge in [0.25, 0.3) is 0 Å². The number of hydrogen-bond donors (Lipinski definition) is 2. The maximum Gasteiger partial charge on any atom is 0.726 e. The van der Waals surface area contributed by atoms with E-state index in [0.29, 0.717) is 5.92 Å². The molecule has 0 aromatic carbocycles. The van der Waals surface area contributed by atoms with Crippen LogP contribution >= 0.6 is 14.7 Å². The van der Waals surface area contributed by atoms with Gasteiger partial charge in [-0.15, -0.1) is 9.57 Å². The molecule has 5 nitrogen and oxygen atoms in total. The summed E-state index contributed by atoms with van der Waals surface area (Å²) in [5.74, 6) is 0.631. The van der Waals surface area contributed by atoms with Gasteiger partial charge in [0.05, 0.1) is 4.67 Å². The lowest BCUT2D eigenvalue weighted by Gasteiger charge is -2.31. The van der Waals surface area contributed by atoms with E-state index < -0.39 is 14.7 Å². The first-order valence-electron chi connectivity index (χ1n) is 4.81. The Morgan fingerprint density at radius 3 is 2.47 bits per heavy atom. The first-order chi connectivity index (χ1) is 6.95. The van der Waals surface area contributed by atoms with Gasteiger partial charge in [-0.1, -0.05) is 0 Å². The normalized spacial score (nSPS) is 39.1. The molecule has 2 rings (SSSR count). The maximum absolute atomic E-state index is 10.3. The van der Waals surface area contributed by atoms with E-state index in [-0.39, 0.29) is 5.16 Å². The van der Waals surface area contributed by atoms with E-state index in [1.807, 2.05) is 0 Å². The van der Waals surface area contributed by atoms with Crippen molar-refractivity contribution in [1.29, 1.82) is 0 Å². The highest BCUT2D eigenvalue weighted by Gasteiger charge is 2.55. The highest BCUT2D eigenvalue weighted by atomic mass is 32.5. The van der Waals surface area contributed by atoms with Gasteiger partial charge in [0.2, 0.25) is 6.49 Å². The van der Waals surface area contributed by atoms with Crippen molar-refractivity contribution in [2.75, 3.05) is 0 Å². The average Bonchev–Trinajstić information content (AvgIpc) is 2.76. The minimum atomic E-state index is -3.12. The molecule has 0 radical (unpaired) electrons. The molecule has 0 amide bonds. The molecule has 15 heavy (non-hydrogen) atoms. The molecule has 2 atom stereocenters. The lowest BCUT2D eigenvalue weighted by Crippen LogP contribution is -2.23. The summed E-state index contributed by atoms with van der Waals surface area (Å²) in [4.78, 5) is 18.5. The van der Waals surface area contributed by atoms with Crippen molar-refractivity contribution >= 4 is 26.6 Å². The minimum Gasteiger partial charge on any atom is -0.343 e. The first-order valence-corrected chi connectivity index (χ1v) is 8.61. The fourth-order valence-corrected chi connectivity index (χ4v) is 5.79. The van der Waals surface area contributed by atoms with E-state index in [9.17, 15) is 9.46 Å². The summed E-state index contributed by atoms with van der Waals surface area (Å²) in [7, 11) is -2.86. The van der Waals surface area contributed by atoms with Crippen LogP contribution in [0, 0.1) is 5.92 Å². The standard InChI is InChI=1S/C7H12O5P2S/c8-13(9)11-12-14(10,15)7-3-1-6(5-7)2-4-7/h6H,1-5H2,(H-,8,9,10,15)/p+1. The van der Waals surface area contributed by atoms with Crippen molar-refractivity contribution in [2.24, 2.45) is 5.92 Å². The second-order valence-electron chi connectivity index (χ2n) is 4.28. The molecule has 0 spiro atoms. The fraction of sp³-hybridized carbons (Fsp3) is 1.00. The lowest BCUT2D eigenvalue weighted by molar-refractivity contribution is -0.104. The highest BCUT2D eigenvalue weighted by molar-refractivity contribution is 8.10. The van der Waals surface area contributed by atoms with Gasteiger partial charge in [0.15, 0.2) is 0 Å². The van der Waals surface area contributed by atoms with E-state index in [1.54, 1.807) is 0 Å². The highest BCUT2D eigenvalue weighted by Crippen LogP contribution is 2.70. The SMILES string of the molecule is O=[P+](O)OOP(O)(=S)C12CCC(CC1)C2. The van der Waals surface area contributed by atoms with Crippen molar-refractivity contribution in [2.45, 2.75) is 37.3 Å². The van der Waals surface area contributed by atoms with Gasteiger partial charge < -0.3 is 4.89 Å².